The molecule has 1 aromatic heterocycles. The summed E-state index contributed by atoms with van der Waals surface area (Å²) in [5, 5.41) is 9.75. The Morgan fingerprint density at radius 1 is 1.07 bits per heavy atom. The van der Waals surface area contributed by atoms with E-state index in [1.54, 1.807) is 11.8 Å². The molecule has 0 bridgehead atoms. The molecule has 150 valence electrons. The largest absolute Gasteiger partial charge is 0.328 e. The zero-order valence-electron chi connectivity index (χ0n) is 16.9. The Labute approximate surface area is 176 Å². The molecule has 6 heteroatoms. The number of aromatic nitrogens is 3. The van der Waals surface area contributed by atoms with Crippen LogP contribution in [-0.2, 0) is 19.2 Å². The Hall–Kier alpha value is -2.60. The highest BCUT2D eigenvalue weighted by Crippen LogP contribution is 2.33. The SMILES string of the molecule is CCc1ccc(C(=O)N2CCC[C@@H]2c2nnc(SCc3ccccc3)n2C)cc1. The summed E-state index contributed by atoms with van der Waals surface area (Å²) in [6.45, 7) is 2.88. The van der Waals surface area contributed by atoms with Gasteiger partial charge in [0.25, 0.3) is 5.91 Å². The molecule has 1 atom stereocenters. The Morgan fingerprint density at radius 2 is 1.83 bits per heavy atom. The minimum Gasteiger partial charge on any atom is -0.328 e. The average molecular weight is 407 g/mol. The van der Waals surface area contributed by atoms with Crippen molar-refractivity contribution in [2.45, 2.75) is 43.1 Å². The van der Waals surface area contributed by atoms with Crippen molar-refractivity contribution >= 4 is 17.7 Å². The van der Waals surface area contributed by atoms with E-state index in [0.717, 1.165) is 48.1 Å². The first-order chi connectivity index (χ1) is 14.2. The van der Waals surface area contributed by atoms with Crippen molar-refractivity contribution in [1.82, 2.24) is 19.7 Å². The Kier molecular flexibility index (Phi) is 6.00. The maximum atomic E-state index is 13.1. The Bertz CT molecular complexity index is 968. The van der Waals surface area contributed by atoms with Crippen molar-refractivity contribution in [3.05, 3.63) is 77.1 Å². The lowest BCUT2D eigenvalue weighted by Gasteiger charge is -2.24. The fraction of sp³-hybridized carbons (Fsp3) is 0.348. The van der Waals surface area contributed by atoms with Crippen molar-refractivity contribution in [1.29, 1.82) is 0 Å². The number of benzene rings is 2. The smallest absolute Gasteiger partial charge is 0.254 e. The molecule has 0 saturated carbocycles. The van der Waals surface area contributed by atoms with E-state index in [9.17, 15) is 4.79 Å². The highest BCUT2D eigenvalue weighted by molar-refractivity contribution is 7.98. The van der Waals surface area contributed by atoms with Crippen molar-refractivity contribution in [3.63, 3.8) is 0 Å². The van der Waals surface area contributed by atoms with Gasteiger partial charge in [-0.1, -0.05) is 61.2 Å². The Morgan fingerprint density at radius 3 is 2.55 bits per heavy atom. The number of thioether (sulfide) groups is 1. The molecule has 5 nitrogen and oxygen atoms in total. The van der Waals surface area contributed by atoms with Gasteiger partial charge in [0.1, 0.15) is 0 Å². The molecule has 29 heavy (non-hydrogen) atoms. The summed E-state index contributed by atoms with van der Waals surface area (Å²) >= 11 is 1.68. The third-order valence-corrected chi connectivity index (χ3v) is 6.59. The molecule has 1 aliphatic rings. The first-order valence-corrected chi connectivity index (χ1v) is 11.1. The lowest BCUT2D eigenvalue weighted by Crippen LogP contribution is -2.31. The van der Waals surface area contributed by atoms with E-state index < -0.39 is 0 Å². The maximum Gasteiger partial charge on any atom is 0.254 e. The van der Waals surface area contributed by atoms with E-state index in [2.05, 4.69) is 29.3 Å². The van der Waals surface area contributed by atoms with Gasteiger partial charge in [0.2, 0.25) is 0 Å². The van der Waals surface area contributed by atoms with E-state index in [1.807, 2.05) is 59.0 Å². The van der Waals surface area contributed by atoms with Crippen molar-refractivity contribution in [3.8, 4) is 0 Å². The maximum absolute atomic E-state index is 13.1. The van der Waals surface area contributed by atoms with Crippen molar-refractivity contribution < 1.29 is 4.79 Å². The number of aryl methyl sites for hydroxylation is 1. The van der Waals surface area contributed by atoms with Crippen LogP contribution in [0.25, 0.3) is 0 Å². The number of carbonyl (C=O) groups excluding carboxylic acids is 1. The van der Waals surface area contributed by atoms with Crippen LogP contribution in [0.2, 0.25) is 0 Å². The van der Waals surface area contributed by atoms with Gasteiger partial charge in [-0.25, -0.2) is 0 Å². The molecule has 4 rings (SSSR count). The fourth-order valence-electron chi connectivity index (χ4n) is 3.79. The van der Waals surface area contributed by atoms with E-state index in [0.29, 0.717) is 0 Å². The van der Waals surface area contributed by atoms with Crippen LogP contribution in [0.1, 0.15) is 53.1 Å². The number of hydrogen-bond acceptors (Lipinski definition) is 4. The summed E-state index contributed by atoms with van der Waals surface area (Å²) in [7, 11) is 2.00. The number of hydrogen-bond donors (Lipinski definition) is 0. The van der Waals surface area contributed by atoms with Gasteiger partial charge < -0.3 is 9.47 Å². The number of likely N-dealkylation sites (tertiary alicyclic amines) is 1. The molecule has 1 amide bonds. The predicted molar refractivity (Wildman–Crippen MR) is 116 cm³/mol. The number of nitrogens with zero attached hydrogens (tertiary/aromatic N) is 4. The second-order valence-corrected chi connectivity index (χ2v) is 8.32. The predicted octanol–water partition coefficient (Wildman–Crippen LogP) is 4.65. The molecule has 0 spiro atoms. The van der Waals surface area contributed by atoms with E-state index in [-0.39, 0.29) is 11.9 Å². The summed E-state index contributed by atoms with van der Waals surface area (Å²) in [4.78, 5) is 15.1. The lowest BCUT2D eigenvalue weighted by atomic mass is 10.1. The van der Waals surface area contributed by atoms with Gasteiger partial charge in [-0.15, -0.1) is 10.2 Å². The number of carbonyl (C=O) groups is 1. The summed E-state index contributed by atoms with van der Waals surface area (Å²) in [5.41, 5.74) is 3.25. The fourth-order valence-corrected chi connectivity index (χ4v) is 4.67. The average Bonchev–Trinajstić information content (AvgIpc) is 3.39. The van der Waals surface area contributed by atoms with Crippen LogP contribution >= 0.6 is 11.8 Å². The highest BCUT2D eigenvalue weighted by Gasteiger charge is 2.34. The molecule has 3 aromatic rings. The molecular formula is C23H26N4OS. The quantitative estimate of drug-likeness (QED) is 0.559. The third-order valence-electron chi connectivity index (χ3n) is 5.50. The molecule has 0 unspecified atom stereocenters. The monoisotopic (exact) mass is 406 g/mol. The second-order valence-electron chi connectivity index (χ2n) is 7.38. The summed E-state index contributed by atoms with van der Waals surface area (Å²) < 4.78 is 2.05. The van der Waals surface area contributed by atoms with E-state index >= 15 is 0 Å². The topological polar surface area (TPSA) is 51.0 Å². The first kappa shape index (κ1) is 19.7. The molecule has 0 radical (unpaired) electrons. The summed E-state index contributed by atoms with van der Waals surface area (Å²) in [5.74, 6) is 1.80. The van der Waals surface area contributed by atoms with Crippen LogP contribution in [0.15, 0.2) is 59.8 Å². The minimum absolute atomic E-state index is 0.0167. The summed E-state index contributed by atoms with van der Waals surface area (Å²) in [6, 6.07) is 18.3. The molecule has 0 aliphatic carbocycles. The zero-order valence-corrected chi connectivity index (χ0v) is 17.7. The van der Waals surface area contributed by atoms with Gasteiger partial charge >= 0.3 is 0 Å². The first-order valence-electron chi connectivity index (χ1n) is 10.1. The van der Waals surface area contributed by atoms with Crippen LogP contribution in [-0.4, -0.2) is 32.1 Å². The van der Waals surface area contributed by atoms with Crippen LogP contribution in [0, 0.1) is 0 Å². The highest BCUT2D eigenvalue weighted by atomic mass is 32.2. The van der Waals surface area contributed by atoms with Gasteiger partial charge in [-0.3, -0.25) is 4.79 Å². The standard InChI is InChI=1S/C23H26N4OS/c1-3-17-11-13-19(14-12-17)22(28)27-15-7-10-20(27)21-24-25-23(26(21)2)29-16-18-8-5-4-6-9-18/h4-6,8-9,11-14,20H,3,7,10,15-16H2,1-2H3/t20-/m1/s1. The van der Waals surface area contributed by atoms with Crippen molar-refractivity contribution in [2.75, 3.05) is 6.54 Å². The molecule has 1 aliphatic heterocycles. The molecule has 2 heterocycles. The normalized spacial score (nSPS) is 16.3. The minimum atomic E-state index is -0.0167. The number of rotatable bonds is 6. The van der Waals surface area contributed by atoms with Crippen LogP contribution < -0.4 is 0 Å². The summed E-state index contributed by atoms with van der Waals surface area (Å²) in [6.07, 6.45) is 2.89. The molecule has 1 saturated heterocycles. The molecule has 2 aromatic carbocycles. The second kappa shape index (κ2) is 8.82. The van der Waals surface area contributed by atoms with Crippen LogP contribution in [0.5, 0.6) is 0 Å². The lowest BCUT2D eigenvalue weighted by molar-refractivity contribution is 0.0727. The molecular weight excluding hydrogens is 380 g/mol. The molecule has 0 N–H and O–H groups in total. The van der Waals surface area contributed by atoms with Crippen LogP contribution in [0.4, 0.5) is 0 Å². The van der Waals surface area contributed by atoms with Gasteiger partial charge in [0.05, 0.1) is 6.04 Å². The Balaban J connectivity index is 1.49. The molecule has 1 fully saturated rings. The van der Waals surface area contributed by atoms with Gasteiger partial charge in [-0.05, 0) is 42.5 Å². The van der Waals surface area contributed by atoms with Gasteiger partial charge in [0.15, 0.2) is 11.0 Å². The van der Waals surface area contributed by atoms with Crippen molar-refractivity contribution in [2.24, 2.45) is 7.05 Å². The van der Waals surface area contributed by atoms with Gasteiger partial charge in [0, 0.05) is 24.9 Å². The number of amides is 1. The van der Waals surface area contributed by atoms with E-state index in [1.165, 1.54) is 11.1 Å². The van der Waals surface area contributed by atoms with E-state index in [4.69, 9.17) is 0 Å². The zero-order chi connectivity index (χ0) is 20.2. The van der Waals surface area contributed by atoms with Crippen LogP contribution in [0.3, 0.4) is 0 Å². The third kappa shape index (κ3) is 4.22. The van der Waals surface area contributed by atoms with Gasteiger partial charge in [-0.2, -0.15) is 0 Å².